The minimum Gasteiger partial charge on any atom is -0.394 e. The van der Waals surface area contributed by atoms with Crippen LogP contribution in [0, 0.1) is 0 Å². The molecule has 3 N–H and O–H groups in total. The maximum atomic E-state index is 9.41. The van der Waals surface area contributed by atoms with Crippen LogP contribution in [0.2, 0.25) is 0 Å². The Morgan fingerprint density at radius 1 is 1.33 bits per heavy atom. The summed E-state index contributed by atoms with van der Waals surface area (Å²) < 4.78 is 5.24. The molecule has 1 aliphatic heterocycles. The normalized spacial score (nSPS) is 29.8. The van der Waals surface area contributed by atoms with Crippen molar-refractivity contribution in [3.63, 3.8) is 0 Å². The van der Waals surface area contributed by atoms with E-state index >= 15 is 0 Å². The molecule has 12 heavy (non-hydrogen) atoms. The van der Waals surface area contributed by atoms with Gasteiger partial charge < -0.3 is 20.1 Å². The van der Waals surface area contributed by atoms with E-state index in [4.69, 9.17) is 14.9 Å². The Morgan fingerprint density at radius 2 is 2.08 bits per heavy atom. The first-order valence-electron chi connectivity index (χ1n) is 4.34. The maximum absolute atomic E-state index is 9.41. The van der Waals surface area contributed by atoms with E-state index in [1.807, 2.05) is 0 Å². The molecular formula is C8H16O4. The molecule has 0 saturated carbocycles. The third kappa shape index (κ3) is 2.42. The van der Waals surface area contributed by atoms with Gasteiger partial charge in [-0.15, -0.1) is 0 Å². The van der Waals surface area contributed by atoms with E-state index in [9.17, 15) is 5.11 Å². The van der Waals surface area contributed by atoms with Crippen LogP contribution in [0.1, 0.15) is 19.3 Å². The molecule has 1 rings (SSSR count). The largest absolute Gasteiger partial charge is 0.394 e. The lowest BCUT2D eigenvalue weighted by Gasteiger charge is -2.29. The SMILES string of the molecule is OCC(O)C(O)C1CCCCO1. The minimum atomic E-state index is -1.08. The van der Waals surface area contributed by atoms with E-state index in [-0.39, 0.29) is 6.10 Å². The fourth-order valence-corrected chi connectivity index (χ4v) is 1.39. The highest BCUT2D eigenvalue weighted by Crippen LogP contribution is 2.17. The second kappa shape index (κ2) is 4.77. The topological polar surface area (TPSA) is 69.9 Å². The van der Waals surface area contributed by atoms with Crippen molar-refractivity contribution < 1.29 is 20.1 Å². The lowest BCUT2D eigenvalue weighted by atomic mass is 10.0. The number of ether oxygens (including phenoxy) is 1. The third-order valence-corrected chi connectivity index (χ3v) is 2.18. The number of hydrogen-bond donors (Lipinski definition) is 3. The van der Waals surface area contributed by atoms with E-state index in [1.54, 1.807) is 0 Å². The van der Waals surface area contributed by atoms with E-state index < -0.39 is 18.8 Å². The molecule has 3 unspecified atom stereocenters. The van der Waals surface area contributed by atoms with Crippen molar-refractivity contribution in [3.05, 3.63) is 0 Å². The second-order valence-electron chi connectivity index (χ2n) is 3.15. The summed E-state index contributed by atoms with van der Waals surface area (Å²) in [7, 11) is 0. The van der Waals surface area contributed by atoms with Gasteiger partial charge in [-0.3, -0.25) is 0 Å². The van der Waals surface area contributed by atoms with Crippen molar-refractivity contribution in [3.8, 4) is 0 Å². The van der Waals surface area contributed by atoms with Crippen molar-refractivity contribution in [1.82, 2.24) is 0 Å². The van der Waals surface area contributed by atoms with Gasteiger partial charge in [-0.2, -0.15) is 0 Å². The van der Waals surface area contributed by atoms with Gasteiger partial charge in [0.1, 0.15) is 12.2 Å². The van der Waals surface area contributed by atoms with Crippen LogP contribution in [-0.4, -0.2) is 46.8 Å². The Morgan fingerprint density at radius 3 is 2.58 bits per heavy atom. The van der Waals surface area contributed by atoms with E-state index in [2.05, 4.69) is 0 Å². The summed E-state index contributed by atoms with van der Waals surface area (Å²) in [6, 6.07) is 0. The van der Waals surface area contributed by atoms with Crippen LogP contribution in [0.5, 0.6) is 0 Å². The lowest BCUT2D eigenvalue weighted by molar-refractivity contribution is -0.116. The lowest BCUT2D eigenvalue weighted by Crippen LogP contribution is -2.42. The molecule has 0 amide bonds. The van der Waals surface area contributed by atoms with Gasteiger partial charge >= 0.3 is 0 Å². The maximum Gasteiger partial charge on any atom is 0.108 e. The average Bonchev–Trinajstić information content (AvgIpc) is 2.17. The summed E-state index contributed by atoms with van der Waals surface area (Å²) in [5.74, 6) is 0. The molecule has 1 aliphatic rings. The molecule has 1 saturated heterocycles. The zero-order valence-corrected chi connectivity index (χ0v) is 7.02. The second-order valence-corrected chi connectivity index (χ2v) is 3.15. The Hall–Kier alpha value is -0.160. The van der Waals surface area contributed by atoms with Crippen LogP contribution >= 0.6 is 0 Å². The molecule has 0 radical (unpaired) electrons. The highest BCUT2D eigenvalue weighted by Gasteiger charge is 2.27. The highest BCUT2D eigenvalue weighted by molar-refractivity contribution is 4.77. The van der Waals surface area contributed by atoms with Crippen LogP contribution in [0.15, 0.2) is 0 Å². The van der Waals surface area contributed by atoms with Gasteiger partial charge in [0.05, 0.1) is 12.7 Å². The highest BCUT2D eigenvalue weighted by atomic mass is 16.5. The first-order chi connectivity index (χ1) is 5.75. The van der Waals surface area contributed by atoms with Crippen molar-refractivity contribution in [1.29, 1.82) is 0 Å². The summed E-state index contributed by atoms with van der Waals surface area (Å²) >= 11 is 0. The Labute approximate surface area is 71.8 Å². The van der Waals surface area contributed by atoms with Crippen molar-refractivity contribution in [2.75, 3.05) is 13.2 Å². The zero-order chi connectivity index (χ0) is 8.97. The predicted octanol–water partition coefficient (Wildman–Crippen LogP) is -0.730. The smallest absolute Gasteiger partial charge is 0.108 e. The first kappa shape index (κ1) is 9.92. The van der Waals surface area contributed by atoms with Gasteiger partial charge in [0, 0.05) is 6.61 Å². The van der Waals surface area contributed by atoms with Crippen molar-refractivity contribution in [2.24, 2.45) is 0 Å². The average molecular weight is 176 g/mol. The van der Waals surface area contributed by atoms with E-state index in [1.165, 1.54) is 0 Å². The molecule has 0 spiro atoms. The summed E-state index contributed by atoms with van der Waals surface area (Å²) in [6.45, 7) is 0.223. The summed E-state index contributed by atoms with van der Waals surface area (Å²) in [4.78, 5) is 0. The van der Waals surface area contributed by atoms with Crippen LogP contribution in [0.4, 0.5) is 0 Å². The number of hydrogen-bond acceptors (Lipinski definition) is 4. The first-order valence-corrected chi connectivity index (χ1v) is 4.34. The standard InChI is InChI=1S/C8H16O4/c9-5-6(10)8(11)7-3-1-2-4-12-7/h6-11H,1-5H2. The van der Waals surface area contributed by atoms with Gasteiger partial charge in [-0.05, 0) is 19.3 Å². The predicted molar refractivity (Wildman–Crippen MR) is 42.7 cm³/mol. The molecule has 72 valence electrons. The molecule has 0 aromatic carbocycles. The number of rotatable bonds is 3. The molecule has 0 aromatic heterocycles. The van der Waals surface area contributed by atoms with Gasteiger partial charge in [-0.1, -0.05) is 0 Å². The number of aliphatic hydroxyl groups excluding tert-OH is 3. The van der Waals surface area contributed by atoms with Crippen LogP contribution < -0.4 is 0 Å². The van der Waals surface area contributed by atoms with Crippen molar-refractivity contribution >= 4 is 0 Å². The molecule has 1 heterocycles. The van der Waals surface area contributed by atoms with Gasteiger partial charge in [0.25, 0.3) is 0 Å². The monoisotopic (exact) mass is 176 g/mol. The molecule has 0 aliphatic carbocycles. The molecule has 0 bridgehead atoms. The molecule has 4 nitrogen and oxygen atoms in total. The quantitative estimate of drug-likeness (QED) is 0.530. The van der Waals surface area contributed by atoms with Crippen LogP contribution in [0.3, 0.4) is 0 Å². The van der Waals surface area contributed by atoms with E-state index in [0.29, 0.717) is 6.61 Å². The molecule has 4 heteroatoms. The van der Waals surface area contributed by atoms with Gasteiger partial charge in [0.15, 0.2) is 0 Å². The molecule has 0 aromatic rings. The Bertz CT molecular complexity index is 122. The zero-order valence-electron chi connectivity index (χ0n) is 7.02. The van der Waals surface area contributed by atoms with Crippen LogP contribution in [-0.2, 0) is 4.74 Å². The molecule has 1 fully saturated rings. The minimum absolute atomic E-state index is 0.305. The van der Waals surface area contributed by atoms with Crippen molar-refractivity contribution in [2.45, 2.75) is 37.6 Å². The summed E-state index contributed by atoms with van der Waals surface area (Å²) in [6.07, 6.45) is 0.459. The third-order valence-electron chi connectivity index (χ3n) is 2.18. The molecular weight excluding hydrogens is 160 g/mol. The Balaban J connectivity index is 2.33. The van der Waals surface area contributed by atoms with Gasteiger partial charge in [-0.25, -0.2) is 0 Å². The summed E-state index contributed by atoms with van der Waals surface area (Å²) in [5, 5.41) is 27.1. The van der Waals surface area contributed by atoms with Gasteiger partial charge in [0.2, 0.25) is 0 Å². The fourth-order valence-electron chi connectivity index (χ4n) is 1.39. The Kier molecular flexibility index (Phi) is 3.94. The molecule has 3 atom stereocenters. The summed E-state index contributed by atoms with van der Waals surface area (Å²) in [5.41, 5.74) is 0. The number of aliphatic hydroxyl groups is 3. The van der Waals surface area contributed by atoms with E-state index in [0.717, 1.165) is 19.3 Å². The fraction of sp³-hybridized carbons (Fsp3) is 1.00. The van der Waals surface area contributed by atoms with Crippen LogP contribution in [0.25, 0.3) is 0 Å².